The zero-order valence-corrected chi connectivity index (χ0v) is 20.5. The maximum absolute atomic E-state index is 14.0. The lowest BCUT2D eigenvalue weighted by molar-refractivity contribution is -0.137. The van der Waals surface area contributed by atoms with E-state index in [1.165, 1.54) is 18.2 Å². The highest BCUT2D eigenvalue weighted by atomic mass is 35.5. The van der Waals surface area contributed by atoms with Gasteiger partial charge in [0.25, 0.3) is 0 Å². The monoisotopic (exact) mass is 546 g/mol. The first-order valence-electron chi connectivity index (χ1n) is 10.9. The van der Waals surface area contributed by atoms with E-state index in [0.717, 1.165) is 11.1 Å². The second kappa shape index (κ2) is 11.1. The molecule has 0 spiro atoms. The molecule has 0 atom stereocenters. The van der Waals surface area contributed by atoms with E-state index in [1.54, 1.807) is 60.7 Å². The van der Waals surface area contributed by atoms with Crippen molar-refractivity contribution in [3.63, 3.8) is 0 Å². The Morgan fingerprint density at radius 1 is 0.946 bits per heavy atom. The molecular formula is C26H19Cl2F3N4O2. The minimum Gasteiger partial charge on any atom is -0.465 e. The summed E-state index contributed by atoms with van der Waals surface area (Å²) in [5.74, 6) is -1.61. The lowest BCUT2D eigenvalue weighted by Gasteiger charge is -2.27. The van der Waals surface area contributed by atoms with Gasteiger partial charge in [0.05, 0.1) is 10.0 Å². The number of carbonyl (C=O) groups is 1. The van der Waals surface area contributed by atoms with Crippen LogP contribution in [-0.2, 0) is 6.18 Å². The van der Waals surface area contributed by atoms with Crippen molar-refractivity contribution in [3.8, 4) is 0 Å². The van der Waals surface area contributed by atoms with Gasteiger partial charge in [-0.15, -0.1) is 0 Å². The third-order valence-corrected chi connectivity index (χ3v) is 6.24. The zero-order valence-electron chi connectivity index (χ0n) is 19.0. The van der Waals surface area contributed by atoms with Gasteiger partial charge in [-0.3, -0.25) is 4.90 Å². The summed E-state index contributed by atoms with van der Waals surface area (Å²) in [6, 6.07) is 22.3. The molecule has 1 amide bonds. The molecule has 0 unspecified atom stereocenters. The first kappa shape index (κ1) is 26.2. The van der Waals surface area contributed by atoms with E-state index in [9.17, 15) is 23.1 Å². The van der Waals surface area contributed by atoms with Crippen LogP contribution < -0.4 is 10.2 Å². The number of amides is 1. The molecule has 1 heterocycles. The second-order valence-electron chi connectivity index (χ2n) is 7.95. The van der Waals surface area contributed by atoms with E-state index in [4.69, 9.17) is 23.2 Å². The van der Waals surface area contributed by atoms with Gasteiger partial charge in [0, 0.05) is 24.3 Å². The Bertz CT molecular complexity index is 1350. The molecule has 0 fully saturated rings. The van der Waals surface area contributed by atoms with Crippen molar-refractivity contribution in [1.29, 1.82) is 0 Å². The van der Waals surface area contributed by atoms with E-state index in [1.807, 2.05) is 0 Å². The van der Waals surface area contributed by atoms with E-state index in [0.29, 0.717) is 16.8 Å². The number of hydrogen-bond acceptors (Lipinski definition) is 4. The van der Waals surface area contributed by atoms with Crippen molar-refractivity contribution in [2.24, 2.45) is 0 Å². The standard InChI is InChI=1S/C26H19Cl2F3N4O2/c27-21-12-11-18(13-22(21)28)33-24-32-14-20(26(29,30)31)23(34-24)35(25(36)37)15-19(16-7-3-1-4-8-16)17-9-5-2-6-10-17/h1-14,19H,15H2,(H,36,37)(H,32,33,34). The minimum atomic E-state index is -4.90. The summed E-state index contributed by atoms with van der Waals surface area (Å²) >= 11 is 11.9. The zero-order chi connectivity index (χ0) is 26.6. The number of anilines is 3. The van der Waals surface area contributed by atoms with Crippen LogP contribution in [0, 0.1) is 0 Å². The van der Waals surface area contributed by atoms with E-state index >= 15 is 0 Å². The second-order valence-corrected chi connectivity index (χ2v) is 8.76. The number of nitrogens with zero attached hydrogens (tertiary/aromatic N) is 3. The third kappa shape index (κ3) is 6.31. The fourth-order valence-electron chi connectivity index (χ4n) is 3.75. The number of aromatic nitrogens is 2. The number of rotatable bonds is 7. The SMILES string of the molecule is O=C(O)N(CC(c1ccccc1)c1ccccc1)c1nc(Nc2ccc(Cl)c(Cl)c2)ncc1C(F)(F)F. The number of halogens is 5. The van der Waals surface area contributed by atoms with Crippen LogP contribution in [0.2, 0.25) is 10.0 Å². The average molecular weight is 547 g/mol. The molecular weight excluding hydrogens is 528 g/mol. The van der Waals surface area contributed by atoms with Crippen LogP contribution in [0.4, 0.5) is 35.4 Å². The highest BCUT2D eigenvalue weighted by Gasteiger charge is 2.39. The minimum absolute atomic E-state index is 0.208. The van der Waals surface area contributed by atoms with Gasteiger partial charge in [0.15, 0.2) is 5.82 Å². The van der Waals surface area contributed by atoms with Crippen LogP contribution in [0.3, 0.4) is 0 Å². The van der Waals surface area contributed by atoms with Crippen molar-refractivity contribution in [3.05, 3.63) is 112 Å². The molecule has 1 aromatic heterocycles. The molecule has 0 saturated carbocycles. The molecule has 0 aliphatic rings. The molecule has 0 bridgehead atoms. The van der Waals surface area contributed by atoms with Gasteiger partial charge < -0.3 is 10.4 Å². The van der Waals surface area contributed by atoms with Gasteiger partial charge in [-0.05, 0) is 29.3 Å². The first-order chi connectivity index (χ1) is 17.6. The summed E-state index contributed by atoms with van der Waals surface area (Å²) in [6.07, 6.45) is -5.94. The average Bonchev–Trinajstić information content (AvgIpc) is 2.87. The molecule has 4 rings (SSSR count). The van der Waals surface area contributed by atoms with Crippen LogP contribution in [-0.4, -0.2) is 27.7 Å². The molecule has 11 heteroatoms. The highest BCUT2D eigenvalue weighted by molar-refractivity contribution is 6.42. The third-order valence-electron chi connectivity index (χ3n) is 5.51. The van der Waals surface area contributed by atoms with Gasteiger partial charge in [0.2, 0.25) is 5.95 Å². The van der Waals surface area contributed by atoms with Crippen molar-refractivity contribution in [1.82, 2.24) is 9.97 Å². The van der Waals surface area contributed by atoms with Crippen molar-refractivity contribution >= 4 is 46.7 Å². The summed E-state index contributed by atoms with van der Waals surface area (Å²) in [6.45, 7) is -0.324. The Labute approximate surface area is 220 Å². The molecule has 0 radical (unpaired) electrons. The van der Waals surface area contributed by atoms with Gasteiger partial charge >= 0.3 is 12.3 Å². The van der Waals surface area contributed by atoms with Crippen LogP contribution in [0.5, 0.6) is 0 Å². The Balaban J connectivity index is 1.78. The molecule has 190 valence electrons. The van der Waals surface area contributed by atoms with Gasteiger partial charge in [-0.25, -0.2) is 9.78 Å². The lowest BCUT2D eigenvalue weighted by Crippen LogP contribution is -2.36. The Morgan fingerprint density at radius 2 is 1.54 bits per heavy atom. The number of benzene rings is 3. The van der Waals surface area contributed by atoms with Crippen molar-refractivity contribution in [2.75, 3.05) is 16.8 Å². The predicted molar refractivity (Wildman–Crippen MR) is 137 cm³/mol. The van der Waals surface area contributed by atoms with Crippen LogP contribution >= 0.6 is 23.2 Å². The highest BCUT2D eigenvalue weighted by Crippen LogP contribution is 2.38. The largest absolute Gasteiger partial charge is 0.465 e. The molecule has 3 aromatic carbocycles. The van der Waals surface area contributed by atoms with Crippen LogP contribution in [0.15, 0.2) is 85.1 Å². The summed E-state index contributed by atoms with van der Waals surface area (Å²) in [7, 11) is 0. The fourth-order valence-corrected chi connectivity index (χ4v) is 4.05. The Kier molecular flexibility index (Phi) is 7.85. The summed E-state index contributed by atoms with van der Waals surface area (Å²) in [5, 5.41) is 13.3. The maximum Gasteiger partial charge on any atom is 0.421 e. The van der Waals surface area contributed by atoms with Crippen molar-refractivity contribution in [2.45, 2.75) is 12.1 Å². The maximum atomic E-state index is 14.0. The molecule has 0 aliphatic heterocycles. The van der Waals surface area contributed by atoms with E-state index in [-0.39, 0.29) is 22.5 Å². The Morgan fingerprint density at radius 3 is 2.05 bits per heavy atom. The normalized spacial score (nSPS) is 11.4. The number of carboxylic acid groups (broad SMARTS) is 1. The molecule has 0 aliphatic carbocycles. The summed E-state index contributed by atoms with van der Waals surface area (Å²) in [5.41, 5.74) is 0.538. The lowest BCUT2D eigenvalue weighted by atomic mass is 9.91. The molecule has 37 heavy (non-hydrogen) atoms. The fraction of sp³-hybridized carbons (Fsp3) is 0.115. The molecule has 4 aromatic rings. The van der Waals surface area contributed by atoms with E-state index in [2.05, 4.69) is 15.3 Å². The first-order valence-corrected chi connectivity index (χ1v) is 11.7. The summed E-state index contributed by atoms with van der Waals surface area (Å²) < 4.78 is 41.9. The smallest absolute Gasteiger partial charge is 0.421 e. The molecule has 6 nitrogen and oxygen atoms in total. The number of hydrogen-bond donors (Lipinski definition) is 2. The quantitative estimate of drug-likeness (QED) is 0.246. The van der Waals surface area contributed by atoms with Crippen molar-refractivity contribution < 1.29 is 23.1 Å². The van der Waals surface area contributed by atoms with Crippen LogP contribution in [0.1, 0.15) is 22.6 Å². The number of alkyl halides is 3. The van der Waals surface area contributed by atoms with Gasteiger partial charge in [-0.2, -0.15) is 18.2 Å². The topological polar surface area (TPSA) is 78.3 Å². The Hall–Kier alpha value is -3.82. The van der Waals surface area contributed by atoms with Crippen LogP contribution in [0.25, 0.3) is 0 Å². The summed E-state index contributed by atoms with van der Waals surface area (Å²) in [4.78, 5) is 20.7. The van der Waals surface area contributed by atoms with E-state index < -0.39 is 29.6 Å². The molecule has 2 N–H and O–H groups in total. The van der Waals surface area contributed by atoms with Gasteiger partial charge in [-0.1, -0.05) is 83.9 Å². The molecule has 0 saturated heterocycles. The van der Waals surface area contributed by atoms with Gasteiger partial charge in [0.1, 0.15) is 5.56 Å². The predicted octanol–water partition coefficient (Wildman–Crippen LogP) is 7.86. The number of nitrogens with one attached hydrogen (secondary N) is 1.